The van der Waals surface area contributed by atoms with E-state index in [0.717, 1.165) is 29.7 Å². The van der Waals surface area contributed by atoms with Crippen molar-refractivity contribution >= 4 is 62.2 Å². The standard InChI is InChI=1S/C30H23Cl2N3O2S/c1-17-5-4-8-23(11-17)33-29-24(14-21-13-22(31)15-25(32)27(21)37-29)28(36)35-30-34-26(16-38-30)20-10-9-18-6-2-3-7-19(18)12-20/h4-5,8-16H,2-3,6-7H2,1H3,(H,34,35,36). The molecule has 1 amide bonds. The molecule has 2 heterocycles. The summed E-state index contributed by atoms with van der Waals surface area (Å²) in [7, 11) is 0. The summed E-state index contributed by atoms with van der Waals surface area (Å²) >= 11 is 14.0. The van der Waals surface area contributed by atoms with E-state index in [0.29, 0.717) is 31.8 Å². The molecule has 0 bridgehead atoms. The maximum Gasteiger partial charge on any atom is 0.262 e. The molecule has 0 saturated heterocycles. The van der Waals surface area contributed by atoms with Crippen molar-refractivity contribution in [3.63, 3.8) is 0 Å². The van der Waals surface area contributed by atoms with Crippen LogP contribution in [0.4, 0.5) is 10.8 Å². The molecule has 0 saturated carbocycles. The molecule has 0 atom stereocenters. The maximum absolute atomic E-state index is 13.5. The number of nitrogens with one attached hydrogen (secondary N) is 1. The number of aryl methyl sites for hydroxylation is 3. The highest BCUT2D eigenvalue weighted by molar-refractivity contribution is 7.14. The number of fused-ring (bicyclic) bond motifs is 2. The zero-order valence-corrected chi connectivity index (χ0v) is 22.9. The third kappa shape index (κ3) is 5.12. The fraction of sp³-hybridized carbons (Fsp3) is 0.167. The molecule has 0 aliphatic heterocycles. The lowest BCUT2D eigenvalue weighted by Crippen LogP contribution is -2.21. The van der Waals surface area contributed by atoms with Crippen molar-refractivity contribution in [1.82, 2.24) is 4.98 Å². The number of aromatic nitrogens is 1. The second kappa shape index (κ2) is 10.4. The summed E-state index contributed by atoms with van der Waals surface area (Å²) in [5, 5.41) is 6.77. The number of anilines is 1. The van der Waals surface area contributed by atoms with E-state index >= 15 is 0 Å². The van der Waals surface area contributed by atoms with E-state index in [2.05, 4.69) is 28.5 Å². The molecule has 0 fully saturated rings. The third-order valence-electron chi connectivity index (χ3n) is 6.61. The van der Waals surface area contributed by atoms with Crippen LogP contribution in [-0.2, 0) is 12.8 Å². The van der Waals surface area contributed by atoms with Crippen LogP contribution in [-0.4, -0.2) is 10.9 Å². The van der Waals surface area contributed by atoms with Gasteiger partial charge in [0.15, 0.2) is 10.7 Å². The number of carbonyl (C=O) groups is 1. The first kappa shape index (κ1) is 24.9. The number of thiazole rings is 1. The van der Waals surface area contributed by atoms with E-state index < -0.39 is 0 Å². The van der Waals surface area contributed by atoms with Gasteiger partial charge in [0, 0.05) is 21.4 Å². The molecule has 190 valence electrons. The summed E-state index contributed by atoms with van der Waals surface area (Å²) in [5.74, 6) is -0.385. The molecule has 38 heavy (non-hydrogen) atoms. The van der Waals surface area contributed by atoms with E-state index in [4.69, 9.17) is 32.6 Å². The highest BCUT2D eigenvalue weighted by atomic mass is 35.5. The Bertz CT molecular complexity index is 1770. The van der Waals surface area contributed by atoms with E-state index in [1.807, 2.05) is 36.6 Å². The number of amides is 1. The Morgan fingerprint density at radius 1 is 1.03 bits per heavy atom. The lowest BCUT2D eigenvalue weighted by Gasteiger charge is -2.16. The van der Waals surface area contributed by atoms with Crippen molar-refractivity contribution in [2.45, 2.75) is 32.6 Å². The largest absolute Gasteiger partial charge is 0.436 e. The zero-order chi connectivity index (χ0) is 26.2. The number of benzene rings is 3. The van der Waals surface area contributed by atoms with Gasteiger partial charge in [-0.2, -0.15) is 0 Å². The van der Waals surface area contributed by atoms with Crippen LogP contribution < -0.4 is 10.9 Å². The predicted molar refractivity (Wildman–Crippen MR) is 155 cm³/mol. The zero-order valence-electron chi connectivity index (χ0n) is 20.6. The molecule has 1 aliphatic rings. The molecule has 2 aromatic heterocycles. The van der Waals surface area contributed by atoms with Crippen molar-refractivity contribution in [2.75, 3.05) is 5.32 Å². The molecule has 1 aliphatic carbocycles. The minimum absolute atomic E-state index is 0.149. The molecule has 1 N–H and O–H groups in total. The molecular formula is C30H23Cl2N3O2S. The molecule has 5 aromatic rings. The Morgan fingerprint density at radius 3 is 2.71 bits per heavy atom. The van der Waals surface area contributed by atoms with E-state index in [1.165, 1.54) is 35.3 Å². The Morgan fingerprint density at radius 2 is 1.87 bits per heavy atom. The minimum atomic E-state index is -0.385. The molecule has 3 aromatic carbocycles. The first-order valence-electron chi connectivity index (χ1n) is 12.4. The smallest absolute Gasteiger partial charge is 0.262 e. The Labute approximate surface area is 233 Å². The van der Waals surface area contributed by atoms with Crippen LogP contribution >= 0.6 is 34.5 Å². The van der Waals surface area contributed by atoms with Crippen molar-refractivity contribution in [2.24, 2.45) is 4.99 Å². The average molecular weight is 561 g/mol. The van der Waals surface area contributed by atoms with Gasteiger partial charge in [-0.05, 0) is 85.7 Å². The van der Waals surface area contributed by atoms with Crippen molar-refractivity contribution in [3.8, 4) is 11.3 Å². The number of nitrogens with zero attached hydrogens (tertiary/aromatic N) is 2. The average Bonchev–Trinajstić information content (AvgIpc) is 3.37. The predicted octanol–water partition coefficient (Wildman–Crippen LogP) is 8.54. The van der Waals surface area contributed by atoms with Crippen LogP contribution in [0.25, 0.3) is 22.2 Å². The molecule has 5 nitrogen and oxygen atoms in total. The Hall–Kier alpha value is -3.45. The van der Waals surface area contributed by atoms with Crippen LogP contribution in [0.5, 0.6) is 0 Å². The second-order valence-electron chi connectivity index (χ2n) is 9.40. The molecular weight excluding hydrogens is 537 g/mol. The van der Waals surface area contributed by atoms with Gasteiger partial charge in [0.05, 0.1) is 16.4 Å². The van der Waals surface area contributed by atoms with Gasteiger partial charge >= 0.3 is 0 Å². The first-order valence-corrected chi connectivity index (χ1v) is 14.0. The summed E-state index contributed by atoms with van der Waals surface area (Å²) in [6.45, 7) is 1.98. The van der Waals surface area contributed by atoms with E-state index in [9.17, 15) is 4.79 Å². The summed E-state index contributed by atoms with van der Waals surface area (Å²) in [6.07, 6.45) is 4.70. The molecule has 0 spiro atoms. The van der Waals surface area contributed by atoms with Gasteiger partial charge in [-0.3, -0.25) is 10.1 Å². The van der Waals surface area contributed by atoms with Crippen LogP contribution in [0.1, 0.15) is 39.9 Å². The molecule has 0 radical (unpaired) electrons. The fourth-order valence-electron chi connectivity index (χ4n) is 4.75. The quantitative estimate of drug-likeness (QED) is 0.240. The molecule has 8 heteroatoms. The van der Waals surface area contributed by atoms with Gasteiger partial charge in [-0.15, -0.1) is 11.3 Å². The highest BCUT2D eigenvalue weighted by Gasteiger charge is 2.18. The number of hydrogen-bond acceptors (Lipinski definition) is 5. The molecule has 6 rings (SSSR count). The summed E-state index contributed by atoms with van der Waals surface area (Å²) in [5.41, 5.74) is 7.23. The van der Waals surface area contributed by atoms with Gasteiger partial charge in [0.1, 0.15) is 5.56 Å². The van der Waals surface area contributed by atoms with Gasteiger partial charge in [0.2, 0.25) is 5.55 Å². The second-order valence-corrected chi connectivity index (χ2v) is 11.1. The summed E-state index contributed by atoms with van der Waals surface area (Å²) in [4.78, 5) is 22.8. The molecule has 0 unspecified atom stereocenters. The fourth-order valence-corrected chi connectivity index (χ4v) is 6.01. The van der Waals surface area contributed by atoms with Gasteiger partial charge in [0.25, 0.3) is 5.91 Å². The Kier molecular flexibility index (Phi) is 6.78. The van der Waals surface area contributed by atoms with Gasteiger partial charge in [-0.25, -0.2) is 9.98 Å². The lowest BCUT2D eigenvalue weighted by atomic mass is 9.90. The highest BCUT2D eigenvalue weighted by Crippen LogP contribution is 2.31. The first-order chi connectivity index (χ1) is 18.4. The van der Waals surface area contributed by atoms with Crippen LogP contribution in [0, 0.1) is 6.92 Å². The summed E-state index contributed by atoms with van der Waals surface area (Å²) < 4.78 is 6.07. The summed E-state index contributed by atoms with van der Waals surface area (Å²) in [6, 6.07) is 19.2. The normalized spacial score (nSPS) is 13.5. The SMILES string of the molecule is Cc1cccc(N=c2oc3c(Cl)cc(Cl)cc3cc2C(=O)Nc2nc(-c3ccc4c(c3)CCCC4)cs2)c1. The van der Waals surface area contributed by atoms with E-state index in [-0.39, 0.29) is 17.0 Å². The van der Waals surface area contributed by atoms with Crippen molar-refractivity contribution < 1.29 is 9.21 Å². The van der Waals surface area contributed by atoms with Crippen molar-refractivity contribution in [3.05, 3.63) is 104 Å². The number of hydrogen-bond donors (Lipinski definition) is 1. The lowest BCUT2D eigenvalue weighted by molar-refractivity contribution is 0.102. The van der Waals surface area contributed by atoms with Crippen LogP contribution in [0.15, 0.2) is 75.5 Å². The topological polar surface area (TPSA) is 67.5 Å². The van der Waals surface area contributed by atoms with Gasteiger partial charge < -0.3 is 4.42 Å². The minimum Gasteiger partial charge on any atom is -0.436 e. The number of halogens is 2. The third-order valence-corrected chi connectivity index (χ3v) is 7.87. The van der Waals surface area contributed by atoms with Gasteiger partial charge in [-0.1, -0.05) is 47.5 Å². The number of carbonyl (C=O) groups excluding carboxylic acids is 1. The van der Waals surface area contributed by atoms with Crippen molar-refractivity contribution in [1.29, 1.82) is 0 Å². The monoisotopic (exact) mass is 559 g/mol. The maximum atomic E-state index is 13.5. The van der Waals surface area contributed by atoms with E-state index in [1.54, 1.807) is 18.2 Å². The Balaban J connectivity index is 1.37. The van der Waals surface area contributed by atoms with Crippen LogP contribution in [0.2, 0.25) is 10.0 Å². The number of rotatable bonds is 4. The van der Waals surface area contributed by atoms with Crippen LogP contribution in [0.3, 0.4) is 0 Å².